The minimum absolute atomic E-state index is 0.293. The van der Waals surface area contributed by atoms with E-state index in [1.807, 2.05) is 0 Å². The van der Waals surface area contributed by atoms with Crippen LogP contribution in [-0.4, -0.2) is 56.7 Å². The number of carbonyl (C=O) groups excluding carboxylic acids is 2. The summed E-state index contributed by atoms with van der Waals surface area (Å²) in [5.74, 6) is 1.42. The molecular formula is C25H42N2O5Si. The lowest BCUT2D eigenvalue weighted by molar-refractivity contribution is -0.0164. The summed E-state index contributed by atoms with van der Waals surface area (Å²) in [6.45, 7) is 19.6. The fraction of sp³-hybridized carbons (Fsp3) is 0.760. The van der Waals surface area contributed by atoms with E-state index in [0.29, 0.717) is 24.5 Å². The first-order valence-corrected chi connectivity index (χ1v) is 15.7. The van der Waals surface area contributed by atoms with Gasteiger partial charge in [0.2, 0.25) is 0 Å². The quantitative estimate of drug-likeness (QED) is 0.285. The van der Waals surface area contributed by atoms with Gasteiger partial charge in [-0.3, -0.25) is 0 Å². The van der Waals surface area contributed by atoms with Crippen molar-refractivity contribution >= 4 is 20.3 Å². The maximum absolute atomic E-state index is 12.9. The molecule has 1 unspecified atom stereocenters. The maximum atomic E-state index is 12.9. The van der Waals surface area contributed by atoms with Crippen molar-refractivity contribution in [3.05, 3.63) is 22.4 Å². The van der Waals surface area contributed by atoms with Gasteiger partial charge in [0.05, 0.1) is 39.5 Å². The van der Waals surface area contributed by atoms with Gasteiger partial charge in [-0.2, -0.15) is 0 Å². The second kappa shape index (κ2) is 9.45. The predicted octanol–water partition coefficient (Wildman–Crippen LogP) is 5.45. The smallest absolute Gasteiger partial charge is 0.429 e. The van der Waals surface area contributed by atoms with E-state index in [2.05, 4.69) is 45.0 Å². The minimum Gasteiger partial charge on any atom is -0.446 e. The summed E-state index contributed by atoms with van der Waals surface area (Å²) < 4.78 is 16.8. The number of fused-ring (bicyclic) bond motifs is 1. The first kappa shape index (κ1) is 25.8. The van der Waals surface area contributed by atoms with Gasteiger partial charge in [0, 0.05) is 0 Å². The lowest BCUT2D eigenvalue weighted by atomic mass is 9.49. The summed E-state index contributed by atoms with van der Waals surface area (Å²) in [5.41, 5.74) is 5.47. The molecule has 0 radical (unpaired) electrons. The van der Waals surface area contributed by atoms with Gasteiger partial charge in [0.15, 0.2) is 0 Å². The number of hydrazine groups is 1. The number of ether oxygens (including phenoxy) is 3. The predicted molar refractivity (Wildman–Crippen MR) is 131 cm³/mol. The summed E-state index contributed by atoms with van der Waals surface area (Å²) >= 11 is 0. The van der Waals surface area contributed by atoms with E-state index in [1.165, 1.54) is 22.2 Å². The highest BCUT2D eigenvalue weighted by molar-refractivity contribution is 6.84. The molecule has 186 valence electrons. The topological polar surface area (TPSA) is 77.1 Å². The van der Waals surface area contributed by atoms with Gasteiger partial charge in [-0.15, -0.1) is 0 Å². The first-order chi connectivity index (χ1) is 15.2. The average molecular weight is 479 g/mol. The zero-order valence-corrected chi connectivity index (χ0v) is 22.8. The molecule has 0 saturated heterocycles. The number of allylic oxidation sites excluding steroid dienone is 1. The molecule has 0 aromatic rings. The molecule has 0 spiro atoms. The van der Waals surface area contributed by atoms with E-state index < -0.39 is 20.3 Å². The largest absolute Gasteiger partial charge is 0.446 e. The van der Waals surface area contributed by atoms with Crippen molar-refractivity contribution in [2.45, 2.75) is 92.3 Å². The molecule has 2 amide bonds. The zero-order chi connectivity index (χ0) is 24.7. The third-order valence-corrected chi connectivity index (χ3v) is 9.34. The molecule has 1 saturated carbocycles. The third-order valence-electron chi connectivity index (χ3n) is 7.13. The van der Waals surface area contributed by atoms with Crippen LogP contribution in [0.1, 0.15) is 54.4 Å². The molecule has 0 aliphatic heterocycles. The summed E-state index contributed by atoms with van der Waals surface area (Å²) in [7, 11) is -1.76. The number of rotatable bonds is 8. The van der Waals surface area contributed by atoms with Crippen molar-refractivity contribution < 1.29 is 23.8 Å². The van der Waals surface area contributed by atoms with E-state index >= 15 is 0 Å². The Morgan fingerprint density at radius 2 is 1.76 bits per heavy atom. The van der Waals surface area contributed by atoms with E-state index in [0.717, 1.165) is 17.9 Å². The summed E-state index contributed by atoms with van der Waals surface area (Å²) in [5, 5.41) is 2.51. The van der Waals surface area contributed by atoms with Gasteiger partial charge in [-0.1, -0.05) is 39.6 Å². The van der Waals surface area contributed by atoms with Crippen molar-refractivity contribution in [1.29, 1.82) is 0 Å². The molecule has 0 aromatic carbocycles. The fourth-order valence-corrected chi connectivity index (χ4v) is 7.54. The van der Waals surface area contributed by atoms with Crippen LogP contribution in [0, 0.1) is 17.3 Å². The molecular weight excluding hydrogens is 436 g/mol. The molecule has 2 bridgehead atoms. The molecule has 0 heterocycles. The summed E-state index contributed by atoms with van der Waals surface area (Å²) in [6.07, 6.45) is 2.93. The summed E-state index contributed by atoms with van der Waals surface area (Å²) in [6, 6.07) is -0.313. The van der Waals surface area contributed by atoms with E-state index in [1.54, 1.807) is 27.7 Å². The Bertz CT molecular complexity index is 840. The van der Waals surface area contributed by atoms with Crippen LogP contribution >= 0.6 is 0 Å². The van der Waals surface area contributed by atoms with Crippen molar-refractivity contribution in [2.75, 3.05) is 13.2 Å². The van der Waals surface area contributed by atoms with Crippen molar-refractivity contribution in [3.63, 3.8) is 0 Å². The van der Waals surface area contributed by atoms with Crippen molar-refractivity contribution in [1.82, 2.24) is 10.4 Å². The van der Waals surface area contributed by atoms with Crippen LogP contribution in [0.5, 0.6) is 0 Å². The van der Waals surface area contributed by atoms with Gasteiger partial charge in [-0.05, 0) is 74.1 Å². The number of amides is 2. The van der Waals surface area contributed by atoms with Crippen LogP contribution in [0.3, 0.4) is 0 Å². The lowest BCUT2D eigenvalue weighted by Gasteiger charge is -2.56. The Hall–Kier alpha value is -1.80. The highest BCUT2D eigenvalue weighted by Crippen LogP contribution is 2.59. The van der Waals surface area contributed by atoms with Gasteiger partial charge in [0.1, 0.15) is 0 Å². The molecule has 0 aromatic heterocycles. The number of hydrogen-bond acceptors (Lipinski definition) is 5. The Kier molecular flexibility index (Phi) is 7.39. The molecule has 1 N–H and O–H groups in total. The normalized spacial score (nSPS) is 25.4. The van der Waals surface area contributed by atoms with Crippen molar-refractivity contribution in [3.8, 4) is 0 Å². The number of nitrogens with zero attached hydrogens (tertiary/aromatic N) is 1. The zero-order valence-electron chi connectivity index (χ0n) is 21.8. The second-order valence-electron chi connectivity index (χ2n) is 11.8. The van der Waals surface area contributed by atoms with Crippen LogP contribution in [0.2, 0.25) is 19.6 Å². The van der Waals surface area contributed by atoms with Crippen LogP contribution < -0.4 is 5.43 Å². The molecule has 1 fully saturated rings. The standard InChI is InChI=1S/C25H42N2O5Si/c1-15(2)31-23(28)26-27(24(29)32-16(3)4)21-19(22(21)33(7,8)9)14-30-13-17-10-11-18-12-20(17)25(18,5)6/h10,15-16,18,20-21H,11-14H2,1-9H3,(H,26,28)/t18-,20-,21?/m1/s1. The van der Waals surface area contributed by atoms with Crippen molar-refractivity contribution in [2.24, 2.45) is 17.3 Å². The van der Waals surface area contributed by atoms with Gasteiger partial charge >= 0.3 is 12.2 Å². The Morgan fingerprint density at radius 1 is 1.12 bits per heavy atom. The molecule has 33 heavy (non-hydrogen) atoms. The van der Waals surface area contributed by atoms with E-state index in [4.69, 9.17) is 14.2 Å². The van der Waals surface area contributed by atoms with E-state index in [-0.39, 0.29) is 18.2 Å². The summed E-state index contributed by atoms with van der Waals surface area (Å²) in [4.78, 5) is 25.2. The Labute approximate surface area is 199 Å². The minimum atomic E-state index is -1.76. The molecule has 8 heteroatoms. The van der Waals surface area contributed by atoms with Gasteiger partial charge < -0.3 is 14.2 Å². The monoisotopic (exact) mass is 478 g/mol. The van der Waals surface area contributed by atoms with E-state index in [9.17, 15) is 9.59 Å². The van der Waals surface area contributed by atoms with Gasteiger partial charge in [-0.25, -0.2) is 20.0 Å². The SMILES string of the molecule is CC(C)OC(=O)NN(C(=O)OC(C)C)C1C(COCC2=CC[C@@H]3C[C@H]2C3(C)C)=C1[Si](C)(C)C. The molecule has 7 nitrogen and oxygen atoms in total. The second-order valence-corrected chi connectivity index (χ2v) is 16.8. The molecule has 4 rings (SSSR count). The lowest BCUT2D eigenvalue weighted by Crippen LogP contribution is -2.51. The molecule has 4 aliphatic carbocycles. The fourth-order valence-electron chi connectivity index (χ4n) is 5.32. The molecule has 3 atom stereocenters. The van der Waals surface area contributed by atoms with Crippen LogP contribution in [0.4, 0.5) is 9.59 Å². The third kappa shape index (κ3) is 5.65. The van der Waals surface area contributed by atoms with Crippen LogP contribution in [0.25, 0.3) is 0 Å². The van der Waals surface area contributed by atoms with Gasteiger partial charge in [0.25, 0.3) is 0 Å². The molecule has 4 aliphatic rings. The maximum Gasteiger partial charge on any atom is 0.429 e. The highest BCUT2D eigenvalue weighted by atomic mass is 28.3. The first-order valence-electron chi connectivity index (χ1n) is 12.2. The Morgan fingerprint density at radius 3 is 2.27 bits per heavy atom. The van der Waals surface area contributed by atoms with Crippen LogP contribution in [-0.2, 0) is 14.2 Å². The number of hydrogen-bond donors (Lipinski definition) is 1. The Balaban J connectivity index is 1.69. The number of nitrogens with one attached hydrogen (secondary N) is 1. The number of carbonyl (C=O) groups is 2. The average Bonchev–Trinajstić information content (AvgIpc) is 3.39. The van der Waals surface area contributed by atoms with Crippen LogP contribution in [0.15, 0.2) is 22.4 Å². The highest BCUT2D eigenvalue weighted by Gasteiger charge is 2.52.